The predicted molar refractivity (Wildman–Crippen MR) is 169 cm³/mol. The van der Waals surface area contributed by atoms with E-state index < -0.39 is 0 Å². The second kappa shape index (κ2) is 18.1. The van der Waals surface area contributed by atoms with Crippen molar-refractivity contribution in [2.24, 2.45) is 0 Å². The van der Waals surface area contributed by atoms with Crippen LogP contribution in [0.1, 0.15) is 94.0 Å². The number of rotatable bonds is 7. The monoisotopic (exact) mass is 668 g/mol. The van der Waals surface area contributed by atoms with Gasteiger partial charge in [0.25, 0.3) is 0 Å². The Morgan fingerprint density at radius 2 is 1.43 bits per heavy atom. The fourth-order valence-electron chi connectivity index (χ4n) is 6.14. The molecular weight excluding hydrogens is 625 g/mol. The van der Waals surface area contributed by atoms with Crippen LogP contribution in [0.25, 0.3) is 11.1 Å². The second-order valence-corrected chi connectivity index (χ2v) is 13.8. The van der Waals surface area contributed by atoms with Gasteiger partial charge >= 0.3 is 27.7 Å². The van der Waals surface area contributed by atoms with Gasteiger partial charge in [-0.15, -0.1) is 0 Å². The van der Waals surface area contributed by atoms with Crippen molar-refractivity contribution in [3.05, 3.63) is 83.9 Å². The number of aryl methyl sites for hydroxylation is 1. The van der Waals surface area contributed by atoms with E-state index in [0.717, 1.165) is 23.4 Å². The van der Waals surface area contributed by atoms with Crippen molar-refractivity contribution < 1.29 is 27.7 Å². The summed E-state index contributed by atoms with van der Waals surface area (Å²) in [6.45, 7) is 6.52. The molecule has 5 rings (SSSR count). The average Bonchev–Trinajstić information content (AvgIpc) is 3.00. The first-order valence-electron chi connectivity index (χ1n) is 14.8. The molecule has 0 aromatic heterocycles. The van der Waals surface area contributed by atoms with Gasteiger partial charge in [-0.1, -0.05) is 88.4 Å². The number of aldehydes is 1. The van der Waals surface area contributed by atoms with Gasteiger partial charge in [0.2, 0.25) is 0 Å². The summed E-state index contributed by atoms with van der Waals surface area (Å²) in [6, 6.07) is 25.6. The Balaban J connectivity index is 0.000000376. The number of halogens is 1. The molecule has 0 N–H and O–H groups in total. The van der Waals surface area contributed by atoms with Gasteiger partial charge in [0.1, 0.15) is 12.0 Å². The van der Waals surface area contributed by atoms with Crippen molar-refractivity contribution in [1.82, 2.24) is 0 Å². The first-order chi connectivity index (χ1) is 19.6. The van der Waals surface area contributed by atoms with Gasteiger partial charge in [0.15, 0.2) is 0 Å². The molecule has 218 valence electrons. The van der Waals surface area contributed by atoms with E-state index in [1.165, 1.54) is 80.9 Å². The van der Waals surface area contributed by atoms with Crippen molar-refractivity contribution in [1.29, 1.82) is 0 Å². The Labute approximate surface area is 258 Å². The quantitative estimate of drug-likeness (QED) is 0.108. The Morgan fingerprint density at radius 1 is 0.850 bits per heavy atom. The summed E-state index contributed by atoms with van der Waals surface area (Å²) in [7, 11) is 4.35. The third-order valence-corrected chi connectivity index (χ3v) is 11.4. The number of hydrogen-bond acceptors (Lipinski definition) is 2. The van der Waals surface area contributed by atoms with Gasteiger partial charge in [0, 0.05) is 5.56 Å². The first-order valence-corrected chi connectivity index (χ1v) is 18.2. The molecule has 2 aliphatic rings. The third-order valence-electron chi connectivity index (χ3n) is 7.87. The molecule has 0 unspecified atom stereocenters. The first kappa shape index (κ1) is 33.0. The zero-order valence-corrected chi connectivity index (χ0v) is 27.4. The van der Waals surface area contributed by atoms with Crippen LogP contribution in [0.3, 0.4) is 0 Å². The van der Waals surface area contributed by atoms with Crippen LogP contribution in [0.4, 0.5) is 0 Å². The van der Waals surface area contributed by atoms with E-state index in [1.807, 2.05) is 0 Å². The molecule has 2 saturated carbocycles. The molecule has 2 nitrogen and oxygen atoms in total. The van der Waals surface area contributed by atoms with Crippen LogP contribution in [-0.2, 0) is 18.2 Å². The van der Waals surface area contributed by atoms with E-state index in [-0.39, 0.29) is 14.0 Å². The summed E-state index contributed by atoms with van der Waals surface area (Å²) in [4.78, 5) is 9.99. The van der Waals surface area contributed by atoms with E-state index in [0.29, 0.717) is 5.56 Å². The number of carbonyl (C=O) groups is 1. The minimum absolute atomic E-state index is 0.137. The summed E-state index contributed by atoms with van der Waals surface area (Å²) in [5.41, 5.74) is 6.65. The Kier molecular flexibility index (Phi) is 15.0. The topological polar surface area (TPSA) is 26.3 Å². The second-order valence-electron chi connectivity index (χ2n) is 11.1. The number of carbonyl (C=O) groups excluding carboxylic acids is 1. The van der Waals surface area contributed by atoms with Gasteiger partial charge in [-0.25, -0.2) is 0 Å². The molecule has 0 atom stereocenters. The summed E-state index contributed by atoms with van der Waals surface area (Å²) >= 11 is 2.22. The molecule has 0 amide bonds. The fraction of sp³-hybridized carbons (Fsp3) is 0.457. The zero-order valence-electron chi connectivity index (χ0n) is 24.2. The minimum atomic E-state index is -0.137. The molecule has 3 aromatic rings. The molecule has 2 fully saturated rings. The Hall–Kier alpha value is -1.49. The van der Waals surface area contributed by atoms with Gasteiger partial charge < -0.3 is 9.53 Å². The molecule has 0 heterocycles. The molecule has 5 heteroatoms. The van der Waals surface area contributed by atoms with Crippen molar-refractivity contribution in [2.75, 3.05) is 0 Å². The van der Waals surface area contributed by atoms with E-state index in [4.69, 9.17) is 4.74 Å². The molecular formula is C35H44ClO2PPd. The summed E-state index contributed by atoms with van der Waals surface area (Å²) in [5, 5.41) is 1.66. The normalized spacial score (nSPS) is 16.0. The summed E-state index contributed by atoms with van der Waals surface area (Å²) in [6.07, 6.45) is 15.4. The van der Waals surface area contributed by atoms with Crippen LogP contribution in [0.15, 0.2) is 66.7 Å². The van der Waals surface area contributed by atoms with Crippen molar-refractivity contribution in [3.63, 3.8) is 0 Å². The fourth-order valence-corrected chi connectivity index (χ4v) is 10.1. The Morgan fingerprint density at radius 3 is 1.95 bits per heavy atom. The molecule has 3 aromatic carbocycles. The SMILES string of the molecule is Cc1cccc(OC(C)C)c1-c1ccccc1P(C1CCCCC1)C1CCCCC1.O=Cc1cc[c-]cc1.[Cl][Pd+]. The summed E-state index contributed by atoms with van der Waals surface area (Å²) in [5.74, 6) is 1.06. The van der Waals surface area contributed by atoms with E-state index in [1.54, 1.807) is 29.6 Å². The number of benzene rings is 3. The molecule has 0 spiro atoms. The van der Waals surface area contributed by atoms with E-state index in [2.05, 4.69) is 97.0 Å². The van der Waals surface area contributed by atoms with Gasteiger partial charge in [-0.3, -0.25) is 0 Å². The van der Waals surface area contributed by atoms with Gasteiger partial charge in [-0.05, 0) is 80.3 Å². The van der Waals surface area contributed by atoms with Crippen molar-refractivity contribution in [3.8, 4) is 16.9 Å². The zero-order chi connectivity index (χ0) is 28.7. The maximum atomic E-state index is 9.99. The van der Waals surface area contributed by atoms with Crippen LogP contribution < -0.4 is 10.0 Å². The van der Waals surface area contributed by atoms with Crippen LogP contribution >= 0.6 is 17.5 Å². The molecule has 0 radical (unpaired) electrons. The number of ether oxygens (including phenoxy) is 1. The van der Waals surface area contributed by atoms with Crippen molar-refractivity contribution in [2.45, 2.75) is 102 Å². The molecule has 0 saturated heterocycles. The predicted octanol–water partition coefficient (Wildman–Crippen LogP) is 10.2. The summed E-state index contributed by atoms with van der Waals surface area (Å²) < 4.78 is 6.31. The Bertz CT molecular complexity index is 1120. The standard InChI is InChI=1S/C28H39OP.C7H5O.ClH.Pd/c1-21(2)29-26-19-12-13-22(3)28(26)25-18-10-11-20-27(25)30(23-14-6-4-7-15-23)24-16-8-5-9-17-24;8-6-7-4-2-1-3-5-7;;/h10-13,18-21,23-24H,4-9,14-17H2,1-3H3;2-6H;1H;/q;-1;;+2/p-1. The maximum absolute atomic E-state index is 9.99. The third kappa shape index (κ3) is 9.53. The van der Waals surface area contributed by atoms with E-state index >= 15 is 0 Å². The van der Waals surface area contributed by atoms with Crippen molar-refractivity contribution >= 4 is 29.0 Å². The van der Waals surface area contributed by atoms with Gasteiger partial charge in [0.05, 0.1) is 6.10 Å². The molecule has 0 aliphatic heterocycles. The van der Waals surface area contributed by atoms with E-state index in [9.17, 15) is 4.79 Å². The average molecular weight is 670 g/mol. The van der Waals surface area contributed by atoms with Crippen LogP contribution in [-0.4, -0.2) is 23.7 Å². The van der Waals surface area contributed by atoms with Crippen LogP contribution in [0.5, 0.6) is 5.75 Å². The molecule has 2 aliphatic carbocycles. The van der Waals surface area contributed by atoms with Crippen LogP contribution in [0, 0.1) is 13.0 Å². The number of hydrogen-bond donors (Lipinski definition) is 0. The van der Waals surface area contributed by atoms with Crippen LogP contribution in [0.2, 0.25) is 0 Å². The molecule has 0 bridgehead atoms. The van der Waals surface area contributed by atoms with Gasteiger partial charge in [-0.2, -0.15) is 30.3 Å². The molecule has 40 heavy (non-hydrogen) atoms.